The highest BCUT2D eigenvalue weighted by Crippen LogP contribution is 2.27. The van der Waals surface area contributed by atoms with Crippen molar-refractivity contribution in [3.05, 3.63) is 22.4 Å². The van der Waals surface area contributed by atoms with Crippen molar-refractivity contribution in [2.75, 3.05) is 6.54 Å². The van der Waals surface area contributed by atoms with Crippen LogP contribution in [0.1, 0.15) is 38.1 Å². The molecule has 1 aliphatic rings. The van der Waals surface area contributed by atoms with E-state index in [4.69, 9.17) is 4.74 Å². The molecule has 18 heavy (non-hydrogen) atoms. The molecule has 0 spiro atoms. The van der Waals surface area contributed by atoms with Gasteiger partial charge in [-0.2, -0.15) is 0 Å². The first-order chi connectivity index (χ1) is 8.46. The Bertz CT molecular complexity index is 398. The second-order valence-electron chi connectivity index (χ2n) is 5.49. The van der Waals surface area contributed by atoms with E-state index in [-0.39, 0.29) is 18.2 Å². The standard InChI is InChI=1S/C13H20N2O2S/c1-13(2,3)17-12(16)15-9-6-7-14-11(9)10-5-4-8-18-10/h4-5,8-9,11,14H,6-7H2,1-3H3,(H,15,16)/t9-,11-/m1/s1. The van der Waals surface area contributed by atoms with Gasteiger partial charge in [-0.05, 0) is 45.2 Å². The SMILES string of the molecule is CC(C)(C)OC(=O)N[C@@H]1CCN[C@H]1c1cccs1. The number of hydrogen-bond donors (Lipinski definition) is 2. The van der Waals surface area contributed by atoms with Gasteiger partial charge in [-0.15, -0.1) is 11.3 Å². The zero-order chi connectivity index (χ0) is 13.2. The molecule has 1 aromatic heterocycles. The zero-order valence-electron chi connectivity index (χ0n) is 11.0. The second kappa shape index (κ2) is 5.28. The molecule has 2 rings (SSSR count). The Labute approximate surface area is 112 Å². The summed E-state index contributed by atoms with van der Waals surface area (Å²) in [4.78, 5) is 13.0. The summed E-state index contributed by atoms with van der Waals surface area (Å²) in [6, 6.07) is 4.44. The lowest BCUT2D eigenvalue weighted by molar-refractivity contribution is 0.0500. The number of nitrogens with one attached hydrogen (secondary N) is 2. The van der Waals surface area contributed by atoms with E-state index in [1.54, 1.807) is 11.3 Å². The maximum atomic E-state index is 11.8. The van der Waals surface area contributed by atoms with Crippen molar-refractivity contribution >= 4 is 17.4 Å². The number of hydrogen-bond acceptors (Lipinski definition) is 4. The van der Waals surface area contributed by atoms with Crippen molar-refractivity contribution in [2.45, 2.75) is 44.9 Å². The maximum absolute atomic E-state index is 11.8. The monoisotopic (exact) mass is 268 g/mol. The van der Waals surface area contributed by atoms with E-state index in [9.17, 15) is 4.79 Å². The molecule has 0 aromatic carbocycles. The highest BCUT2D eigenvalue weighted by molar-refractivity contribution is 7.10. The average Bonchev–Trinajstić information content (AvgIpc) is 2.82. The number of amides is 1. The largest absolute Gasteiger partial charge is 0.444 e. The summed E-state index contributed by atoms with van der Waals surface area (Å²) in [6.45, 7) is 6.53. The molecule has 5 heteroatoms. The van der Waals surface area contributed by atoms with Gasteiger partial charge in [0, 0.05) is 4.88 Å². The van der Waals surface area contributed by atoms with E-state index >= 15 is 0 Å². The van der Waals surface area contributed by atoms with Gasteiger partial charge in [-0.3, -0.25) is 0 Å². The van der Waals surface area contributed by atoms with Crippen LogP contribution in [0, 0.1) is 0 Å². The Morgan fingerprint density at radius 2 is 2.33 bits per heavy atom. The lowest BCUT2D eigenvalue weighted by Gasteiger charge is -2.24. The molecule has 100 valence electrons. The minimum Gasteiger partial charge on any atom is -0.444 e. The smallest absolute Gasteiger partial charge is 0.407 e. The molecular weight excluding hydrogens is 248 g/mol. The van der Waals surface area contributed by atoms with E-state index < -0.39 is 5.60 Å². The number of rotatable bonds is 2. The molecule has 0 unspecified atom stereocenters. The summed E-state index contributed by atoms with van der Waals surface area (Å²) in [6.07, 6.45) is 0.597. The molecule has 0 aliphatic carbocycles. The number of carbonyl (C=O) groups is 1. The summed E-state index contributed by atoms with van der Waals surface area (Å²) in [7, 11) is 0. The van der Waals surface area contributed by atoms with Crippen LogP contribution in [-0.4, -0.2) is 24.3 Å². The lowest BCUT2D eigenvalue weighted by Crippen LogP contribution is -2.41. The summed E-state index contributed by atoms with van der Waals surface area (Å²) in [5, 5.41) is 8.43. The van der Waals surface area contributed by atoms with Gasteiger partial charge in [0.05, 0.1) is 12.1 Å². The molecule has 0 saturated carbocycles. The van der Waals surface area contributed by atoms with Crippen molar-refractivity contribution in [1.82, 2.24) is 10.6 Å². The van der Waals surface area contributed by atoms with Crippen LogP contribution in [0.5, 0.6) is 0 Å². The molecule has 4 nitrogen and oxygen atoms in total. The summed E-state index contributed by atoms with van der Waals surface area (Å²) in [5.41, 5.74) is -0.450. The van der Waals surface area contributed by atoms with Crippen molar-refractivity contribution < 1.29 is 9.53 Å². The van der Waals surface area contributed by atoms with Crippen molar-refractivity contribution in [3.8, 4) is 0 Å². The summed E-state index contributed by atoms with van der Waals surface area (Å²) < 4.78 is 5.29. The Morgan fingerprint density at radius 3 is 2.94 bits per heavy atom. The van der Waals surface area contributed by atoms with Crippen LogP contribution in [0.4, 0.5) is 4.79 Å². The minimum absolute atomic E-state index is 0.110. The third-order valence-electron chi connectivity index (χ3n) is 2.77. The fourth-order valence-electron chi connectivity index (χ4n) is 2.08. The zero-order valence-corrected chi connectivity index (χ0v) is 11.8. The molecule has 0 radical (unpaired) electrons. The van der Waals surface area contributed by atoms with Gasteiger partial charge in [-0.25, -0.2) is 4.79 Å². The van der Waals surface area contributed by atoms with Crippen LogP contribution in [0.3, 0.4) is 0 Å². The van der Waals surface area contributed by atoms with E-state index in [0.29, 0.717) is 0 Å². The highest BCUT2D eigenvalue weighted by Gasteiger charge is 2.31. The average molecular weight is 268 g/mol. The van der Waals surface area contributed by atoms with Gasteiger partial charge in [0.25, 0.3) is 0 Å². The van der Waals surface area contributed by atoms with E-state index in [1.807, 2.05) is 26.8 Å². The fraction of sp³-hybridized carbons (Fsp3) is 0.615. The van der Waals surface area contributed by atoms with Crippen molar-refractivity contribution in [2.24, 2.45) is 0 Å². The first-order valence-corrected chi connectivity index (χ1v) is 7.10. The van der Waals surface area contributed by atoms with E-state index in [0.717, 1.165) is 13.0 Å². The predicted octanol–water partition coefficient (Wildman–Crippen LogP) is 2.68. The van der Waals surface area contributed by atoms with Crippen LogP contribution < -0.4 is 10.6 Å². The van der Waals surface area contributed by atoms with Gasteiger partial charge in [0.1, 0.15) is 5.60 Å². The van der Waals surface area contributed by atoms with Crippen LogP contribution >= 0.6 is 11.3 Å². The van der Waals surface area contributed by atoms with Crippen LogP contribution in [-0.2, 0) is 4.74 Å². The Balaban J connectivity index is 1.94. The fourth-order valence-corrected chi connectivity index (χ4v) is 2.95. The molecule has 1 aromatic rings. The molecule has 2 heterocycles. The number of thiophene rings is 1. The van der Waals surface area contributed by atoms with Crippen LogP contribution in [0.15, 0.2) is 17.5 Å². The van der Waals surface area contributed by atoms with E-state index in [1.165, 1.54) is 4.88 Å². The normalized spacial score (nSPS) is 23.9. The van der Waals surface area contributed by atoms with Gasteiger partial charge >= 0.3 is 6.09 Å². The quantitative estimate of drug-likeness (QED) is 0.867. The Hall–Kier alpha value is -1.07. The van der Waals surface area contributed by atoms with Crippen molar-refractivity contribution in [1.29, 1.82) is 0 Å². The molecule has 2 atom stereocenters. The first-order valence-electron chi connectivity index (χ1n) is 6.22. The molecule has 0 bridgehead atoms. The minimum atomic E-state index is -0.450. The summed E-state index contributed by atoms with van der Waals surface area (Å²) in [5.74, 6) is 0. The third kappa shape index (κ3) is 3.46. The predicted molar refractivity (Wildman–Crippen MR) is 72.8 cm³/mol. The number of alkyl carbamates (subject to hydrolysis) is 1. The van der Waals surface area contributed by atoms with Gasteiger partial charge in [0.15, 0.2) is 0 Å². The maximum Gasteiger partial charge on any atom is 0.407 e. The number of ether oxygens (including phenoxy) is 1. The van der Waals surface area contributed by atoms with Crippen LogP contribution in [0.25, 0.3) is 0 Å². The highest BCUT2D eigenvalue weighted by atomic mass is 32.1. The topological polar surface area (TPSA) is 50.4 Å². The van der Waals surface area contributed by atoms with Crippen molar-refractivity contribution in [3.63, 3.8) is 0 Å². The molecule has 1 saturated heterocycles. The van der Waals surface area contributed by atoms with E-state index in [2.05, 4.69) is 22.1 Å². The first kappa shape index (κ1) is 13.4. The molecule has 1 aliphatic heterocycles. The van der Waals surface area contributed by atoms with Crippen LogP contribution in [0.2, 0.25) is 0 Å². The van der Waals surface area contributed by atoms with Gasteiger partial charge < -0.3 is 15.4 Å². The van der Waals surface area contributed by atoms with Gasteiger partial charge in [-0.1, -0.05) is 6.07 Å². The van der Waals surface area contributed by atoms with Gasteiger partial charge in [0.2, 0.25) is 0 Å². The number of carbonyl (C=O) groups excluding carboxylic acids is 1. The third-order valence-corrected chi connectivity index (χ3v) is 3.73. The molecule has 2 N–H and O–H groups in total. The molecule has 1 fully saturated rings. The molecular formula is C13H20N2O2S. The summed E-state index contributed by atoms with van der Waals surface area (Å²) >= 11 is 1.71. The second-order valence-corrected chi connectivity index (χ2v) is 6.47. The molecule has 1 amide bonds. The Morgan fingerprint density at radius 1 is 1.56 bits per heavy atom. The lowest BCUT2D eigenvalue weighted by atomic mass is 10.1. The Kier molecular flexibility index (Phi) is 3.92.